The Morgan fingerprint density at radius 3 is 2.83 bits per heavy atom. The minimum absolute atomic E-state index is 0.0396. The van der Waals surface area contributed by atoms with Gasteiger partial charge in [-0.2, -0.15) is 0 Å². The van der Waals surface area contributed by atoms with Gasteiger partial charge < -0.3 is 19.9 Å². The fraction of sp³-hybridized carbons (Fsp3) is 0.571. The van der Waals surface area contributed by atoms with Crippen LogP contribution < -0.4 is 15.2 Å². The molecule has 4 heteroatoms. The van der Waals surface area contributed by atoms with Crippen LogP contribution in [0.25, 0.3) is 0 Å². The van der Waals surface area contributed by atoms with Crippen molar-refractivity contribution < 1.29 is 14.2 Å². The summed E-state index contributed by atoms with van der Waals surface area (Å²) in [4.78, 5) is 0. The van der Waals surface area contributed by atoms with Gasteiger partial charge >= 0.3 is 0 Å². The van der Waals surface area contributed by atoms with Gasteiger partial charge in [0.15, 0.2) is 0 Å². The molecule has 0 radical (unpaired) electrons. The lowest BCUT2D eigenvalue weighted by Gasteiger charge is -2.43. The van der Waals surface area contributed by atoms with Crippen LogP contribution in [0.1, 0.15) is 30.9 Å². The molecule has 98 valence electrons. The van der Waals surface area contributed by atoms with Crippen LogP contribution in [0, 0.1) is 0 Å². The van der Waals surface area contributed by atoms with Gasteiger partial charge in [-0.05, 0) is 6.07 Å². The molecule has 18 heavy (non-hydrogen) atoms. The van der Waals surface area contributed by atoms with Gasteiger partial charge in [0, 0.05) is 36.9 Å². The van der Waals surface area contributed by atoms with Gasteiger partial charge in [-0.15, -0.1) is 0 Å². The maximum absolute atomic E-state index is 6.28. The average molecular weight is 249 g/mol. The molecule has 1 saturated heterocycles. The number of fused-ring (bicyclic) bond motifs is 1. The highest BCUT2D eigenvalue weighted by atomic mass is 16.5. The van der Waals surface area contributed by atoms with E-state index in [1.807, 2.05) is 18.2 Å². The Morgan fingerprint density at radius 1 is 1.33 bits per heavy atom. The van der Waals surface area contributed by atoms with Crippen molar-refractivity contribution >= 4 is 0 Å². The van der Waals surface area contributed by atoms with Crippen LogP contribution in [0.4, 0.5) is 0 Å². The molecule has 1 aromatic rings. The molecule has 2 aliphatic rings. The standard InChI is InChI=1S/C14H19NO3/c1-16-10-2-3-11-12(15)9-14(18-13(11)8-10)4-6-17-7-5-14/h2-3,8,12H,4-7,9,15H2,1H3/t12-/m1/s1. The van der Waals surface area contributed by atoms with Crippen molar-refractivity contribution in [1.29, 1.82) is 0 Å². The third kappa shape index (κ3) is 1.95. The molecule has 1 spiro atoms. The maximum Gasteiger partial charge on any atom is 0.128 e. The molecular weight excluding hydrogens is 230 g/mol. The first-order valence-corrected chi connectivity index (χ1v) is 6.43. The van der Waals surface area contributed by atoms with Crippen molar-refractivity contribution in [3.8, 4) is 11.5 Å². The summed E-state index contributed by atoms with van der Waals surface area (Å²) in [6, 6.07) is 5.92. The molecule has 0 bridgehead atoms. The van der Waals surface area contributed by atoms with Crippen molar-refractivity contribution in [3.63, 3.8) is 0 Å². The van der Waals surface area contributed by atoms with Gasteiger partial charge in [0.2, 0.25) is 0 Å². The molecule has 4 nitrogen and oxygen atoms in total. The zero-order valence-electron chi connectivity index (χ0n) is 10.6. The van der Waals surface area contributed by atoms with E-state index in [4.69, 9.17) is 19.9 Å². The Labute approximate surface area is 107 Å². The second-order valence-electron chi connectivity index (χ2n) is 5.11. The van der Waals surface area contributed by atoms with Crippen molar-refractivity contribution in [2.45, 2.75) is 30.9 Å². The second-order valence-corrected chi connectivity index (χ2v) is 5.11. The lowest BCUT2D eigenvalue weighted by atomic mass is 9.82. The number of nitrogens with two attached hydrogens (primary N) is 1. The van der Waals surface area contributed by atoms with E-state index >= 15 is 0 Å². The van der Waals surface area contributed by atoms with E-state index in [0.29, 0.717) is 0 Å². The minimum atomic E-state index is -0.142. The summed E-state index contributed by atoms with van der Waals surface area (Å²) in [5.41, 5.74) is 7.22. The Hall–Kier alpha value is -1.26. The number of rotatable bonds is 1. The van der Waals surface area contributed by atoms with E-state index < -0.39 is 0 Å². The molecule has 2 heterocycles. The Morgan fingerprint density at radius 2 is 2.11 bits per heavy atom. The molecule has 2 N–H and O–H groups in total. The third-order valence-corrected chi connectivity index (χ3v) is 3.94. The highest BCUT2D eigenvalue weighted by Gasteiger charge is 2.41. The molecule has 1 aromatic carbocycles. The summed E-state index contributed by atoms with van der Waals surface area (Å²) in [5.74, 6) is 1.68. The number of methoxy groups -OCH3 is 1. The first-order valence-electron chi connectivity index (χ1n) is 6.43. The number of benzene rings is 1. The molecule has 2 aliphatic heterocycles. The topological polar surface area (TPSA) is 53.7 Å². The maximum atomic E-state index is 6.28. The Balaban J connectivity index is 1.94. The van der Waals surface area contributed by atoms with Crippen LogP contribution >= 0.6 is 0 Å². The summed E-state index contributed by atoms with van der Waals surface area (Å²) in [7, 11) is 1.66. The lowest BCUT2D eigenvalue weighted by molar-refractivity contribution is -0.0621. The Bertz CT molecular complexity index is 441. The van der Waals surface area contributed by atoms with Crippen LogP contribution in [-0.4, -0.2) is 25.9 Å². The van der Waals surface area contributed by atoms with E-state index in [0.717, 1.165) is 49.5 Å². The zero-order chi connectivity index (χ0) is 12.6. The molecule has 0 aromatic heterocycles. The Kier molecular flexibility index (Phi) is 2.92. The smallest absolute Gasteiger partial charge is 0.128 e. The fourth-order valence-corrected chi connectivity index (χ4v) is 2.87. The van der Waals surface area contributed by atoms with Gasteiger partial charge in [0.25, 0.3) is 0 Å². The highest BCUT2D eigenvalue weighted by molar-refractivity contribution is 5.44. The second kappa shape index (κ2) is 4.44. The van der Waals surface area contributed by atoms with Crippen LogP contribution in [-0.2, 0) is 4.74 Å². The quantitative estimate of drug-likeness (QED) is 0.827. The van der Waals surface area contributed by atoms with E-state index in [1.54, 1.807) is 7.11 Å². The fourth-order valence-electron chi connectivity index (χ4n) is 2.87. The van der Waals surface area contributed by atoms with Gasteiger partial charge in [-0.3, -0.25) is 0 Å². The van der Waals surface area contributed by atoms with Crippen molar-refractivity contribution in [2.75, 3.05) is 20.3 Å². The van der Waals surface area contributed by atoms with Gasteiger partial charge in [-0.25, -0.2) is 0 Å². The van der Waals surface area contributed by atoms with Crippen LogP contribution in [0.3, 0.4) is 0 Å². The predicted molar refractivity (Wildman–Crippen MR) is 68.0 cm³/mol. The third-order valence-electron chi connectivity index (χ3n) is 3.94. The molecule has 0 aliphatic carbocycles. The molecule has 3 rings (SSSR count). The molecule has 0 amide bonds. The molecular formula is C14H19NO3. The summed E-state index contributed by atoms with van der Waals surface area (Å²) in [6.45, 7) is 1.51. The molecule has 1 atom stereocenters. The highest BCUT2D eigenvalue weighted by Crippen LogP contribution is 2.44. The first-order chi connectivity index (χ1) is 8.72. The lowest BCUT2D eigenvalue weighted by Crippen LogP contribution is -2.47. The van der Waals surface area contributed by atoms with Gasteiger partial charge in [0.1, 0.15) is 17.1 Å². The van der Waals surface area contributed by atoms with Crippen molar-refractivity contribution in [1.82, 2.24) is 0 Å². The SMILES string of the molecule is COc1ccc2c(c1)OC1(CCOCC1)C[C@H]2N. The van der Waals surface area contributed by atoms with Crippen molar-refractivity contribution in [2.24, 2.45) is 5.73 Å². The van der Waals surface area contributed by atoms with Gasteiger partial charge in [0.05, 0.1) is 20.3 Å². The van der Waals surface area contributed by atoms with Crippen molar-refractivity contribution in [3.05, 3.63) is 23.8 Å². The molecule has 0 saturated carbocycles. The average Bonchev–Trinajstić information content (AvgIpc) is 2.38. The van der Waals surface area contributed by atoms with Crippen LogP contribution in [0.5, 0.6) is 11.5 Å². The monoisotopic (exact) mass is 249 g/mol. The summed E-state index contributed by atoms with van der Waals surface area (Å²) >= 11 is 0. The number of hydrogen-bond acceptors (Lipinski definition) is 4. The van der Waals surface area contributed by atoms with E-state index in [2.05, 4.69) is 0 Å². The summed E-state index contributed by atoms with van der Waals surface area (Å²) in [5, 5.41) is 0. The van der Waals surface area contributed by atoms with E-state index in [-0.39, 0.29) is 11.6 Å². The number of hydrogen-bond donors (Lipinski definition) is 1. The summed E-state index contributed by atoms with van der Waals surface area (Å²) in [6.07, 6.45) is 2.70. The van der Waals surface area contributed by atoms with E-state index in [1.165, 1.54) is 0 Å². The van der Waals surface area contributed by atoms with Crippen LogP contribution in [0.2, 0.25) is 0 Å². The van der Waals surface area contributed by atoms with Gasteiger partial charge in [-0.1, -0.05) is 6.07 Å². The first kappa shape index (κ1) is 11.8. The summed E-state index contributed by atoms with van der Waals surface area (Å²) < 4.78 is 16.9. The predicted octanol–water partition coefficient (Wildman–Crippen LogP) is 2.03. The minimum Gasteiger partial charge on any atom is -0.497 e. The van der Waals surface area contributed by atoms with E-state index in [9.17, 15) is 0 Å². The van der Waals surface area contributed by atoms with Crippen LogP contribution in [0.15, 0.2) is 18.2 Å². The molecule has 1 fully saturated rings. The largest absolute Gasteiger partial charge is 0.497 e. The normalized spacial score (nSPS) is 25.3. The molecule has 0 unspecified atom stereocenters. The number of ether oxygens (including phenoxy) is 3. The zero-order valence-corrected chi connectivity index (χ0v) is 10.6.